The fourth-order valence-corrected chi connectivity index (χ4v) is 3.05. The van der Waals surface area contributed by atoms with E-state index in [0.29, 0.717) is 37.3 Å². The number of amides is 1. The maximum absolute atomic E-state index is 12.1. The van der Waals surface area contributed by atoms with Gasteiger partial charge in [0.1, 0.15) is 5.75 Å². The van der Waals surface area contributed by atoms with Gasteiger partial charge in [-0.25, -0.2) is 4.79 Å². The molecule has 0 saturated heterocycles. The Hall–Kier alpha value is -2.34. The lowest BCUT2D eigenvalue weighted by molar-refractivity contribution is -0.116. The summed E-state index contributed by atoms with van der Waals surface area (Å²) in [6, 6.07) is 12.6. The maximum Gasteiger partial charge on any atom is 0.338 e. The predicted molar refractivity (Wildman–Crippen MR) is 114 cm³/mol. The molecule has 0 aliphatic heterocycles. The molecule has 0 heterocycles. The lowest BCUT2D eigenvalue weighted by Crippen LogP contribution is -2.13. The Morgan fingerprint density at radius 3 is 2.46 bits per heavy atom. The van der Waals surface area contributed by atoms with E-state index >= 15 is 0 Å². The number of carbonyl (C=O) groups is 2. The molecule has 0 aliphatic carbocycles. The Kier molecular flexibility index (Phi) is 9.01. The van der Waals surface area contributed by atoms with E-state index in [1.807, 2.05) is 32.0 Å². The largest absolute Gasteiger partial charge is 0.492 e. The number of aryl methyl sites for hydroxylation is 1. The summed E-state index contributed by atoms with van der Waals surface area (Å²) in [6.45, 7) is 4.94. The quantitative estimate of drug-likeness (QED) is 0.385. The summed E-state index contributed by atoms with van der Waals surface area (Å²) in [5, 5.41) is 2.82. The average molecular weight is 448 g/mol. The van der Waals surface area contributed by atoms with E-state index in [2.05, 4.69) is 21.2 Å². The molecule has 2 aromatic carbocycles. The number of hydrogen-bond donors (Lipinski definition) is 1. The van der Waals surface area contributed by atoms with Gasteiger partial charge in [-0.05, 0) is 77.7 Å². The van der Waals surface area contributed by atoms with Crippen LogP contribution in [-0.2, 0) is 9.53 Å². The number of hydrogen-bond acceptors (Lipinski definition) is 4. The molecule has 1 N–H and O–H groups in total. The first-order valence-electron chi connectivity index (χ1n) is 9.45. The number of unbranched alkanes of at least 4 members (excludes halogenated alkanes) is 1. The molecule has 2 aromatic rings. The van der Waals surface area contributed by atoms with Gasteiger partial charge in [0.25, 0.3) is 0 Å². The maximum atomic E-state index is 12.1. The standard InChI is InChI=1S/C22H26BrNO4/c1-3-4-13-28-22(26)17-8-10-18(11-9-17)24-21(25)6-5-14-27-20-12-7-16(2)15-19(20)23/h7-12,15H,3-6,13-14H2,1-2H3,(H,24,25). The number of ether oxygens (including phenoxy) is 2. The molecule has 0 atom stereocenters. The molecule has 2 rings (SSSR count). The average Bonchev–Trinajstić information content (AvgIpc) is 2.67. The van der Waals surface area contributed by atoms with E-state index in [1.54, 1.807) is 24.3 Å². The summed E-state index contributed by atoms with van der Waals surface area (Å²) < 4.78 is 11.8. The van der Waals surface area contributed by atoms with Gasteiger partial charge in [0.15, 0.2) is 0 Å². The van der Waals surface area contributed by atoms with Crippen molar-refractivity contribution < 1.29 is 19.1 Å². The number of nitrogens with one attached hydrogen (secondary N) is 1. The molecule has 0 radical (unpaired) electrons. The third kappa shape index (κ3) is 7.35. The number of benzene rings is 2. The number of rotatable bonds is 10. The molecule has 0 spiro atoms. The number of halogens is 1. The lowest BCUT2D eigenvalue weighted by Gasteiger charge is -2.09. The molecule has 0 fully saturated rings. The summed E-state index contributed by atoms with van der Waals surface area (Å²) in [5.41, 5.74) is 2.28. The molecule has 0 bridgehead atoms. The summed E-state index contributed by atoms with van der Waals surface area (Å²) >= 11 is 3.47. The molecular weight excluding hydrogens is 422 g/mol. The highest BCUT2D eigenvalue weighted by Gasteiger charge is 2.08. The Morgan fingerprint density at radius 1 is 1.04 bits per heavy atom. The van der Waals surface area contributed by atoms with Gasteiger partial charge in [0.2, 0.25) is 5.91 Å². The first-order chi connectivity index (χ1) is 13.5. The second kappa shape index (κ2) is 11.5. The zero-order valence-corrected chi connectivity index (χ0v) is 17.9. The first-order valence-corrected chi connectivity index (χ1v) is 10.2. The SMILES string of the molecule is CCCCOC(=O)c1ccc(NC(=O)CCCOc2ccc(C)cc2Br)cc1. The van der Waals surface area contributed by atoms with Gasteiger partial charge in [0, 0.05) is 12.1 Å². The highest BCUT2D eigenvalue weighted by Crippen LogP contribution is 2.25. The molecule has 28 heavy (non-hydrogen) atoms. The minimum Gasteiger partial charge on any atom is -0.492 e. The smallest absolute Gasteiger partial charge is 0.338 e. The van der Waals surface area contributed by atoms with Crippen molar-refractivity contribution in [1.29, 1.82) is 0 Å². The van der Waals surface area contributed by atoms with Gasteiger partial charge in [-0.3, -0.25) is 4.79 Å². The third-order valence-electron chi connectivity index (χ3n) is 4.03. The van der Waals surface area contributed by atoms with Crippen LogP contribution in [0.5, 0.6) is 5.75 Å². The van der Waals surface area contributed by atoms with Gasteiger partial charge in [-0.2, -0.15) is 0 Å². The first kappa shape index (κ1) is 22.0. The Balaban J connectivity index is 1.71. The van der Waals surface area contributed by atoms with Crippen LogP contribution in [0.15, 0.2) is 46.9 Å². The van der Waals surface area contributed by atoms with Gasteiger partial charge in [-0.1, -0.05) is 19.4 Å². The van der Waals surface area contributed by atoms with Crippen LogP contribution in [0.25, 0.3) is 0 Å². The lowest BCUT2D eigenvalue weighted by atomic mass is 10.2. The Bertz CT molecular complexity index is 790. The monoisotopic (exact) mass is 447 g/mol. The fourth-order valence-electron chi connectivity index (χ4n) is 2.44. The van der Waals surface area contributed by atoms with Crippen molar-refractivity contribution in [3.05, 3.63) is 58.1 Å². The Labute approximate surface area is 174 Å². The van der Waals surface area contributed by atoms with E-state index in [9.17, 15) is 9.59 Å². The topological polar surface area (TPSA) is 64.6 Å². The van der Waals surface area contributed by atoms with Crippen molar-refractivity contribution in [2.45, 2.75) is 39.5 Å². The molecule has 0 aliphatic rings. The third-order valence-corrected chi connectivity index (χ3v) is 4.65. The van der Waals surface area contributed by atoms with Crippen molar-refractivity contribution in [1.82, 2.24) is 0 Å². The van der Waals surface area contributed by atoms with Gasteiger partial charge >= 0.3 is 5.97 Å². The van der Waals surface area contributed by atoms with Crippen LogP contribution in [-0.4, -0.2) is 25.1 Å². The van der Waals surface area contributed by atoms with Crippen molar-refractivity contribution >= 4 is 33.5 Å². The molecule has 5 nitrogen and oxygen atoms in total. The minimum atomic E-state index is -0.342. The second-order valence-electron chi connectivity index (χ2n) is 6.50. The van der Waals surface area contributed by atoms with Crippen molar-refractivity contribution in [3.63, 3.8) is 0 Å². The normalized spacial score (nSPS) is 10.4. The van der Waals surface area contributed by atoms with Crippen LogP contribution in [0, 0.1) is 6.92 Å². The van der Waals surface area contributed by atoms with Crippen LogP contribution in [0.4, 0.5) is 5.69 Å². The van der Waals surface area contributed by atoms with Crippen LogP contribution in [0.1, 0.15) is 48.5 Å². The molecule has 0 saturated carbocycles. The molecule has 1 amide bonds. The highest BCUT2D eigenvalue weighted by molar-refractivity contribution is 9.10. The Morgan fingerprint density at radius 2 is 1.79 bits per heavy atom. The van der Waals surface area contributed by atoms with E-state index in [-0.39, 0.29) is 11.9 Å². The summed E-state index contributed by atoms with van der Waals surface area (Å²) in [7, 11) is 0. The molecule has 150 valence electrons. The van der Waals surface area contributed by atoms with Gasteiger partial charge in [0.05, 0.1) is 23.2 Å². The van der Waals surface area contributed by atoms with Crippen LogP contribution in [0.2, 0.25) is 0 Å². The minimum absolute atomic E-state index is 0.0927. The van der Waals surface area contributed by atoms with Crippen molar-refractivity contribution in [2.24, 2.45) is 0 Å². The van der Waals surface area contributed by atoms with Crippen LogP contribution >= 0.6 is 15.9 Å². The van der Waals surface area contributed by atoms with E-state index in [1.165, 1.54) is 0 Å². The van der Waals surface area contributed by atoms with Crippen molar-refractivity contribution in [2.75, 3.05) is 18.5 Å². The summed E-state index contributed by atoms with van der Waals surface area (Å²) in [4.78, 5) is 23.9. The zero-order chi connectivity index (χ0) is 20.4. The summed E-state index contributed by atoms with van der Waals surface area (Å²) in [6.07, 6.45) is 2.79. The van der Waals surface area contributed by atoms with E-state index in [4.69, 9.17) is 9.47 Å². The molecule has 0 unspecified atom stereocenters. The molecule has 6 heteroatoms. The molecule has 0 aromatic heterocycles. The zero-order valence-electron chi connectivity index (χ0n) is 16.3. The van der Waals surface area contributed by atoms with Gasteiger partial charge < -0.3 is 14.8 Å². The number of anilines is 1. The van der Waals surface area contributed by atoms with Crippen molar-refractivity contribution in [3.8, 4) is 5.75 Å². The number of esters is 1. The highest BCUT2D eigenvalue weighted by atomic mass is 79.9. The van der Waals surface area contributed by atoms with E-state index in [0.717, 1.165) is 28.6 Å². The predicted octanol–water partition coefficient (Wildman–Crippen LogP) is 5.51. The second-order valence-corrected chi connectivity index (χ2v) is 7.36. The molecular formula is C22H26BrNO4. The fraction of sp³-hybridized carbons (Fsp3) is 0.364. The number of carbonyl (C=O) groups excluding carboxylic acids is 2. The van der Waals surface area contributed by atoms with E-state index < -0.39 is 0 Å². The van der Waals surface area contributed by atoms with Crippen LogP contribution in [0.3, 0.4) is 0 Å². The summed E-state index contributed by atoms with van der Waals surface area (Å²) in [5.74, 6) is 0.336. The van der Waals surface area contributed by atoms with Crippen LogP contribution < -0.4 is 10.1 Å². The van der Waals surface area contributed by atoms with Gasteiger partial charge in [-0.15, -0.1) is 0 Å².